The molecule has 0 aliphatic carbocycles. The number of rotatable bonds is 6. The number of allylic oxidation sites excluding steroid dienone is 2. The number of aliphatic carboxylic acids is 1. The standard InChI is InChI=1S/C12H14N2O4S2/c15-9-4-5-10(16)14(9)13-7-2-1-3-11(13)20-19-8-6-12(17)18/h1-3,7,11H,4-6,8H2,(H,17,18)/p-1. The second-order valence-electron chi connectivity index (χ2n) is 4.14. The van der Waals surface area contributed by atoms with Crippen molar-refractivity contribution in [2.45, 2.75) is 24.6 Å². The van der Waals surface area contributed by atoms with Crippen molar-refractivity contribution in [1.29, 1.82) is 0 Å². The summed E-state index contributed by atoms with van der Waals surface area (Å²) in [6.45, 7) is 0. The number of nitrogens with zero attached hydrogens (tertiary/aromatic N) is 2. The van der Waals surface area contributed by atoms with E-state index >= 15 is 0 Å². The van der Waals surface area contributed by atoms with Crippen LogP contribution in [0.1, 0.15) is 19.3 Å². The third-order valence-corrected chi connectivity index (χ3v) is 5.28. The van der Waals surface area contributed by atoms with Crippen molar-refractivity contribution < 1.29 is 19.5 Å². The fourth-order valence-electron chi connectivity index (χ4n) is 1.79. The molecule has 8 heteroatoms. The van der Waals surface area contributed by atoms with Crippen molar-refractivity contribution in [3.05, 3.63) is 24.4 Å². The van der Waals surface area contributed by atoms with Crippen LogP contribution in [0.25, 0.3) is 0 Å². The Bertz CT molecular complexity index is 462. The number of hydrazine groups is 1. The highest BCUT2D eigenvalue weighted by Gasteiger charge is 2.36. The van der Waals surface area contributed by atoms with Gasteiger partial charge in [-0.1, -0.05) is 27.7 Å². The summed E-state index contributed by atoms with van der Waals surface area (Å²) in [6, 6.07) is 0. The Hall–Kier alpha value is -1.41. The third-order valence-electron chi connectivity index (χ3n) is 2.70. The Morgan fingerprint density at radius 3 is 2.65 bits per heavy atom. The SMILES string of the molecule is O=C([O-])CCSSC1C=CC=CN1N1C(=O)CCC1=O. The number of hydrogen-bond acceptors (Lipinski definition) is 7. The average Bonchev–Trinajstić information content (AvgIpc) is 2.75. The topological polar surface area (TPSA) is 80.8 Å². The lowest BCUT2D eigenvalue weighted by molar-refractivity contribution is -0.305. The second-order valence-corrected chi connectivity index (χ2v) is 6.74. The zero-order valence-electron chi connectivity index (χ0n) is 10.6. The predicted molar refractivity (Wildman–Crippen MR) is 74.7 cm³/mol. The van der Waals surface area contributed by atoms with Crippen LogP contribution in [0, 0.1) is 0 Å². The van der Waals surface area contributed by atoms with Gasteiger partial charge in [-0.2, -0.15) is 5.01 Å². The summed E-state index contributed by atoms with van der Waals surface area (Å²) < 4.78 is 0. The quantitative estimate of drug-likeness (QED) is 0.396. The van der Waals surface area contributed by atoms with E-state index in [2.05, 4.69) is 0 Å². The molecule has 1 saturated heterocycles. The van der Waals surface area contributed by atoms with E-state index in [9.17, 15) is 19.5 Å². The molecule has 6 nitrogen and oxygen atoms in total. The number of carbonyl (C=O) groups excluding carboxylic acids is 3. The van der Waals surface area contributed by atoms with E-state index in [1.54, 1.807) is 17.3 Å². The molecule has 2 amide bonds. The molecule has 1 fully saturated rings. The first-order chi connectivity index (χ1) is 9.59. The number of carbonyl (C=O) groups is 3. The number of imide groups is 1. The average molecular weight is 313 g/mol. The zero-order chi connectivity index (χ0) is 14.5. The maximum Gasteiger partial charge on any atom is 0.248 e. The largest absolute Gasteiger partial charge is 0.550 e. The molecule has 0 aromatic heterocycles. The van der Waals surface area contributed by atoms with E-state index in [0.717, 1.165) is 5.01 Å². The number of carboxylic acid groups (broad SMARTS) is 1. The lowest BCUT2D eigenvalue weighted by Crippen LogP contribution is -2.47. The van der Waals surface area contributed by atoms with Crippen LogP contribution in [-0.4, -0.2) is 38.9 Å². The normalized spacial score (nSPS) is 21.9. The highest BCUT2D eigenvalue weighted by atomic mass is 33.1. The Balaban J connectivity index is 1.94. The Morgan fingerprint density at radius 2 is 2.00 bits per heavy atom. The molecule has 0 radical (unpaired) electrons. The maximum absolute atomic E-state index is 11.8. The van der Waals surface area contributed by atoms with E-state index in [4.69, 9.17) is 0 Å². The van der Waals surface area contributed by atoms with Gasteiger partial charge in [0.15, 0.2) is 0 Å². The Morgan fingerprint density at radius 1 is 1.30 bits per heavy atom. The van der Waals surface area contributed by atoms with Crippen LogP contribution in [0.3, 0.4) is 0 Å². The highest BCUT2D eigenvalue weighted by molar-refractivity contribution is 8.77. The minimum Gasteiger partial charge on any atom is -0.550 e. The van der Waals surface area contributed by atoms with Gasteiger partial charge in [0.1, 0.15) is 5.37 Å². The van der Waals surface area contributed by atoms with Gasteiger partial charge in [0.25, 0.3) is 0 Å². The van der Waals surface area contributed by atoms with Crippen molar-refractivity contribution in [3.8, 4) is 0 Å². The molecule has 0 saturated carbocycles. The molecule has 0 aromatic rings. The van der Waals surface area contributed by atoms with Crippen LogP contribution in [0.15, 0.2) is 24.4 Å². The van der Waals surface area contributed by atoms with Gasteiger partial charge < -0.3 is 9.90 Å². The van der Waals surface area contributed by atoms with Gasteiger partial charge in [0.2, 0.25) is 11.8 Å². The first-order valence-electron chi connectivity index (χ1n) is 6.07. The summed E-state index contributed by atoms with van der Waals surface area (Å²) >= 11 is 0. The lowest BCUT2D eigenvalue weighted by atomic mass is 10.4. The first kappa shape index (κ1) is 15.0. The van der Waals surface area contributed by atoms with Crippen LogP contribution < -0.4 is 5.11 Å². The minimum atomic E-state index is -1.08. The van der Waals surface area contributed by atoms with Crippen LogP contribution >= 0.6 is 21.6 Å². The molecule has 1 unspecified atom stereocenters. The highest BCUT2D eigenvalue weighted by Crippen LogP contribution is 2.34. The Labute approximate surface area is 124 Å². The minimum absolute atomic E-state index is 0.0223. The van der Waals surface area contributed by atoms with E-state index in [1.165, 1.54) is 21.6 Å². The lowest BCUT2D eigenvalue weighted by Gasteiger charge is -2.35. The van der Waals surface area contributed by atoms with E-state index in [1.807, 2.05) is 12.2 Å². The van der Waals surface area contributed by atoms with Crippen LogP contribution in [0.2, 0.25) is 0 Å². The summed E-state index contributed by atoms with van der Waals surface area (Å²) in [5.41, 5.74) is 0. The molecule has 0 aromatic carbocycles. The van der Waals surface area contributed by atoms with Crippen molar-refractivity contribution in [2.75, 3.05) is 5.75 Å². The van der Waals surface area contributed by atoms with Gasteiger partial charge in [-0.15, -0.1) is 0 Å². The molecule has 1 atom stereocenters. The monoisotopic (exact) mass is 313 g/mol. The van der Waals surface area contributed by atoms with Crippen LogP contribution in [0.5, 0.6) is 0 Å². The van der Waals surface area contributed by atoms with Crippen molar-refractivity contribution in [3.63, 3.8) is 0 Å². The number of hydrogen-bond donors (Lipinski definition) is 0. The van der Waals surface area contributed by atoms with Gasteiger partial charge in [-0.25, -0.2) is 0 Å². The van der Waals surface area contributed by atoms with E-state index in [-0.39, 0.29) is 36.5 Å². The van der Waals surface area contributed by atoms with E-state index in [0.29, 0.717) is 5.75 Å². The van der Waals surface area contributed by atoms with Gasteiger partial charge >= 0.3 is 0 Å². The first-order valence-corrected chi connectivity index (χ1v) is 8.45. The van der Waals surface area contributed by atoms with Crippen molar-refractivity contribution in [2.24, 2.45) is 0 Å². The molecule has 2 heterocycles. The molecule has 108 valence electrons. The van der Waals surface area contributed by atoms with Gasteiger partial charge in [0.05, 0.1) is 0 Å². The number of amides is 2. The molecule has 2 aliphatic heterocycles. The second kappa shape index (κ2) is 6.85. The zero-order valence-corrected chi connectivity index (χ0v) is 12.2. The molecule has 0 bridgehead atoms. The van der Waals surface area contributed by atoms with Gasteiger partial charge in [0, 0.05) is 30.8 Å². The predicted octanol–water partition coefficient (Wildman–Crippen LogP) is 0.283. The van der Waals surface area contributed by atoms with Gasteiger partial charge in [-0.05, 0) is 18.6 Å². The van der Waals surface area contributed by atoms with Gasteiger partial charge in [-0.3, -0.25) is 14.6 Å². The smallest absolute Gasteiger partial charge is 0.248 e. The molecule has 2 aliphatic rings. The Kier molecular flexibility index (Phi) is 5.13. The van der Waals surface area contributed by atoms with Crippen LogP contribution in [-0.2, 0) is 14.4 Å². The summed E-state index contributed by atoms with van der Waals surface area (Å²) in [6.07, 6.45) is 7.57. The maximum atomic E-state index is 11.8. The molecule has 20 heavy (non-hydrogen) atoms. The molecular formula is C12H13N2O4S2-. The number of carboxylic acids is 1. The summed E-state index contributed by atoms with van der Waals surface area (Å²) in [7, 11) is 2.78. The summed E-state index contributed by atoms with van der Waals surface area (Å²) in [5.74, 6) is -1.09. The fraction of sp³-hybridized carbons (Fsp3) is 0.417. The molecule has 2 rings (SSSR count). The van der Waals surface area contributed by atoms with Crippen LogP contribution in [0.4, 0.5) is 0 Å². The van der Waals surface area contributed by atoms with Crippen molar-refractivity contribution in [1.82, 2.24) is 10.0 Å². The summed E-state index contributed by atoms with van der Waals surface area (Å²) in [5, 5.41) is 12.9. The summed E-state index contributed by atoms with van der Waals surface area (Å²) in [4.78, 5) is 33.8. The molecular weight excluding hydrogens is 300 g/mol. The van der Waals surface area contributed by atoms with Crippen molar-refractivity contribution >= 4 is 39.4 Å². The fourth-order valence-corrected chi connectivity index (χ4v) is 4.10. The molecule has 0 spiro atoms. The van der Waals surface area contributed by atoms with E-state index < -0.39 is 5.97 Å². The third kappa shape index (κ3) is 3.57. The molecule has 0 N–H and O–H groups in total.